The quantitative estimate of drug-likeness (QED) is 0.778. The van der Waals surface area contributed by atoms with Crippen LogP contribution in [0, 0.1) is 0 Å². The Morgan fingerprint density at radius 1 is 1.16 bits per heavy atom. The molecule has 0 unspecified atom stereocenters. The Bertz CT molecular complexity index is 619. The van der Waals surface area contributed by atoms with Crippen LogP contribution in [0.3, 0.4) is 0 Å². The summed E-state index contributed by atoms with van der Waals surface area (Å²) in [7, 11) is 0. The summed E-state index contributed by atoms with van der Waals surface area (Å²) in [6.45, 7) is 13.1. The molecule has 3 rings (SSSR count). The number of fused-ring (bicyclic) bond motifs is 2. The van der Waals surface area contributed by atoms with E-state index in [1.54, 1.807) is 0 Å². The molecule has 0 saturated carbocycles. The number of hydrogen-bond acceptors (Lipinski definition) is 3. The van der Waals surface area contributed by atoms with E-state index >= 15 is 0 Å². The first-order valence-corrected chi connectivity index (χ1v) is 7.02. The molecule has 3 nitrogen and oxygen atoms in total. The average molecular weight is 258 g/mol. The van der Waals surface area contributed by atoms with E-state index in [0.29, 0.717) is 6.04 Å². The van der Waals surface area contributed by atoms with Crippen LogP contribution in [0.25, 0.3) is 11.0 Å². The first kappa shape index (κ1) is 12.7. The molecule has 1 aromatic carbocycles. The van der Waals surface area contributed by atoms with Crippen molar-refractivity contribution in [2.75, 3.05) is 0 Å². The van der Waals surface area contributed by atoms with Gasteiger partial charge in [0.05, 0.1) is 5.69 Å². The topological polar surface area (TPSA) is 29.3 Å². The molecule has 0 spiro atoms. The van der Waals surface area contributed by atoms with Gasteiger partial charge < -0.3 is 4.52 Å². The summed E-state index contributed by atoms with van der Waals surface area (Å²) in [5.74, 6) is 0. The standard InChI is InChI=1S/C16H22N2O/c1-10(2)18-8-11-6-13-14(7-12(11)9-18)19-17-15(13)16(3,4)5/h6-7,10H,8-9H2,1-5H3. The third-order valence-electron chi connectivity index (χ3n) is 3.98. The lowest BCUT2D eigenvalue weighted by molar-refractivity contribution is 0.227. The Balaban J connectivity index is 2.09. The van der Waals surface area contributed by atoms with Gasteiger partial charge in [0.1, 0.15) is 0 Å². The number of benzene rings is 1. The van der Waals surface area contributed by atoms with Gasteiger partial charge in [-0.15, -0.1) is 0 Å². The lowest BCUT2D eigenvalue weighted by Crippen LogP contribution is -2.24. The van der Waals surface area contributed by atoms with Crippen molar-refractivity contribution in [1.29, 1.82) is 0 Å². The molecule has 19 heavy (non-hydrogen) atoms. The highest BCUT2D eigenvalue weighted by molar-refractivity contribution is 5.82. The summed E-state index contributed by atoms with van der Waals surface area (Å²) in [5.41, 5.74) is 4.82. The third kappa shape index (κ3) is 2.06. The van der Waals surface area contributed by atoms with Crippen molar-refractivity contribution < 1.29 is 4.52 Å². The molecule has 2 aromatic rings. The molecular formula is C16H22N2O. The Morgan fingerprint density at radius 3 is 2.37 bits per heavy atom. The average Bonchev–Trinajstić information content (AvgIpc) is 2.86. The summed E-state index contributed by atoms with van der Waals surface area (Å²) in [6, 6.07) is 5.04. The molecule has 2 heterocycles. The first-order valence-electron chi connectivity index (χ1n) is 7.02. The molecule has 0 radical (unpaired) electrons. The number of rotatable bonds is 1. The zero-order valence-corrected chi connectivity index (χ0v) is 12.4. The fourth-order valence-electron chi connectivity index (χ4n) is 2.77. The summed E-state index contributed by atoms with van der Waals surface area (Å²) in [5, 5.41) is 5.45. The number of hydrogen-bond donors (Lipinski definition) is 0. The summed E-state index contributed by atoms with van der Waals surface area (Å²) in [6.07, 6.45) is 0. The van der Waals surface area contributed by atoms with Gasteiger partial charge in [-0.1, -0.05) is 25.9 Å². The van der Waals surface area contributed by atoms with Gasteiger partial charge in [0.25, 0.3) is 0 Å². The number of aromatic nitrogens is 1. The van der Waals surface area contributed by atoms with E-state index in [-0.39, 0.29) is 5.41 Å². The van der Waals surface area contributed by atoms with Gasteiger partial charge >= 0.3 is 0 Å². The predicted molar refractivity (Wildman–Crippen MR) is 77.1 cm³/mol. The maximum absolute atomic E-state index is 5.53. The highest BCUT2D eigenvalue weighted by Gasteiger charge is 2.26. The Kier molecular flexibility index (Phi) is 2.72. The van der Waals surface area contributed by atoms with Crippen LogP contribution < -0.4 is 0 Å². The molecule has 1 aromatic heterocycles. The van der Waals surface area contributed by atoms with Crippen LogP contribution in [-0.2, 0) is 18.5 Å². The van der Waals surface area contributed by atoms with Crippen molar-refractivity contribution in [2.24, 2.45) is 0 Å². The van der Waals surface area contributed by atoms with Crippen LogP contribution in [0.5, 0.6) is 0 Å². The van der Waals surface area contributed by atoms with Gasteiger partial charge in [0, 0.05) is 29.9 Å². The fourth-order valence-corrected chi connectivity index (χ4v) is 2.77. The Labute approximate surface area is 114 Å². The molecular weight excluding hydrogens is 236 g/mol. The second kappa shape index (κ2) is 4.07. The molecule has 0 aliphatic carbocycles. The SMILES string of the molecule is CC(C)N1Cc2cc3onc(C(C)(C)C)c3cc2C1. The van der Waals surface area contributed by atoms with E-state index in [0.717, 1.165) is 24.4 Å². The molecule has 0 bridgehead atoms. The van der Waals surface area contributed by atoms with Gasteiger partial charge in [-0.2, -0.15) is 0 Å². The van der Waals surface area contributed by atoms with Crippen molar-refractivity contribution in [1.82, 2.24) is 10.1 Å². The molecule has 1 aliphatic rings. The summed E-state index contributed by atoms with van der Waals surface area (Å²) in [4.78, 5) is 2.48. The highest BCUT2D eigenvalue weighted by atomic mass is 16.5. The second-order valence-electron chi connectivity index (χ2n) is 6.90. The molecule has 1 aliphatic heterocycles. The minimum Gasteiger partial charge on any atom is -0.356 e. The monoisotopic (exact) mass is 258 g/mol. The van der Waals surface area contributed by atoms with E-state index < -0.39 is 0 Å². The van der Waals surface area contributed by atoms with E-state index in [2.05, 4.69) is 56.8 Å². The minimum atomic E-state index is 0.0236. The lowest BCUT2D eigenvalue weighted by atomic mass is 9.89. The van der Waals surface area contributed by atoms with Crippen molar-refractivity contribution in [3.63, 3.8) is 0 Å². The van der Waals surface area contributed by atoms with Crippen LogP contribution in [-0.4, -0.2) is 16.1 Å². The van der Waals surface area contributed by atoms with Gasteiger partial charge in [-0.25, -0.2) is 0 Å². The van der Waals surface area contributed by atoms with Crippen LogP contribution in [0.1, 0.15) is 51.4 Å². The summed E-state index contributed by atoms with van der Waals surface area (Å²) >= 11 is 0. The van der Waals surface area contributed by atoms with Crippen LogP contribution in [0.15, 0.2) is 16.7 Å². The van der Waals surface area contributed by atoms with Crippen molar-refractivity contribution >= 4 is 11.0 Å². The predicted octanol–water partition coefficient (Wildman–Crippen LogP) is 3.85. The maximum atomic E-state index is 5.53. The smallest absolute Gasteiger partial charge is 0.167 e. The largest absolute Gasteiger partial charge is 0.356 e. The lowest BCUT2D eigenvalue weighted by Gasteiger charge is -2.18. The second-order valence-corrected chi connectivity index (χ2v) is 6.90. The van der Waals surface area contributed by atoms with Gasteiger partial charge in [0.15, 0.2) is 5.58 Å². The molecule has 0 saturated heterocycles. The highest BCUT2D eigenvalue weighted by Crippen LogP contribution is 2.34. The van der Waals surface area contributed by atoms with Crippen molar-refractivity contribution in [2.45, 2.75) is 59.2 Å². The summed E-state index contributed by atoms with van der Waals surface area (Å²) < 4.78 is 5.53. The zero-order chi connectivity index (χ0) is 13.8. The van der Waals surface area contributed by atoms with Crippen LogP contribution >= 0.6 is 0 Å². The molecule has 0 amide bonds. The van der Waals surface area contributed by atoms with Gasteiger partial charge in [-0.3, -0.25) is 4.90 Å². The van der Waals surface area contributed by atoms with E-state index in [4.69, 9.17) is 4.52 Å². The van der Waals surface area contributed by atoms with E-state index in [9.17, 15) is 0 Å². The van der Waals surface area contributed by atoms with E-state index in [1.807, 2.05) is 0 Å². The molecule has 0 atom stereocenters. The first-order chi connectivity index (χ1) is 8.86. The number of nitrogens with zero attached hydrogens (tertiary/aromatic N) is 2. The van der Waals surface area contributed by atoms with Gasteiger partial charge in [0.2, 0.25) is 0 Å². The minimum absolute atomic E-state index is 0.0236. The molecule has 0 N–H and O–H groups in total. The fraction of sp³-hybridized carbons (Fsp3) is 0.562. The molecule has 0 fully saturated rings. The Morgan fingerprint density at radius 2 is 1.79 bits per heavy atom. The van der Waals surface area contributed by atoms with E-state index in [1.165, 1.54) is 16.5 Å². The van der Waals surface area contributed by atoms with Crippen molar-refractivity contribution in [3.8, 4) is 0 Å². The van der Waals surface area contributed by atoms with Crippen LogP contribution in [0.2, 0.25) is 0 Å². The third-order valence-corrected chi connectivity index (χ3v) is 3.98. The normalized spacial score (nSPS) is 16.5. The van der Waals surface area contributed by atoms with Crippen molar-refractivity contribution in [3.05, 3.63) is 29.0 Å². The van der Waals surface area contributed by atoms with Gasteiger partial charge in [-0.05, 0) is 37.1 Å². The molecule has 102 valence electrons. The maximum Gasteiger partial charge on any atom is 0.167 e. The zero-order valence-electron chi connectivity index (χ0n) is 12.4. The molecule has 3 heteroatoms. The Hall–Kier alpha value is -1.35. The van der Waals surface area contributed by atoms with Crippen LogP contribution in [0.4, 0.5) is 0 Å².